The molecule has 34 heavy (non-hydrogen) atoms. The minimum atomic E-state index is -3.01. The molecule has 0 aliphatic carbocycles. The number of carbonyl (C=O) groups excluding carboxylic acids is 1. The van der Waals surface area contributed by atoms with Crippen molar-refractivity contribution in [1.82, 2.24) is 14.9 Å². The van der Waals surface area contributed by atoms with Crippen LogP contribution in [0, 0.1) is 12.7 Å². The zero-order valence-corrected chi connectivity index (χ0v) is 19.7. The minimum Gasteiger partial charge on any atom is -0.367 e. The Morgan fingerprint density at radius 3 is 2.74 bits per heavy atom. The summed E-state index contributed by atoms with van der Waals surface area (Å²) in [6.07, 6.45) is -0.367. The van der Waals surface area contributed by atoms with Gasteiger partial charge in [0.25, 0.3) is 17.9 Å². The molecule has 0 saturated carbocycles. The highest BCUT2D eigenvalue weighted by Crippen LogP contribution is 2.37. The van der Waals surface area contributed by atoms with Crippen LogP contribution in [-0.4, -0.2) is 41.1 Å². The Morgan fingerprint density at radius 1 is 1.32 bits per heavy atom. The Bertz CT molecular complexity index is 1290. The van der Waals surface area contributed by atoms with Gasteiger partial charge in [-0.1, -0.05) is 0 Å². The van der Waals surface area contributed by atoms with Gasteiger partial charge in [-0.15, -0.1) is 11.3 Å². The SMILES string of the molecule is Cc1ncc(-c2cc(NC(=O)c3cn(C)c(=O)cc3C(F)F)c(N3CCN[C@@H](C)C3)cc2F)s1. The summed E-state index contributed by atoms with van der Waals surface area (Å²) in [6, 6.07) is 3.76. The first-order chi connectivity index (χ1) is 16.1. The highest BCUT2D eigenvalue weighted by atomic mass is 32.1. The normalized spacial score (nSPS) is 16.2. The molecule has 4 rings (SSSR count). The van der Waals surface area contributed by atoms with E-state index in [0.717, 1.165) is 21.8 Å². The largest absolute Gasteiger partial charge is 0.367 e. The zero-order chi connectivity index (χ0) is 24.6. The van der Waals surface area contributed by atoms with Crippen molar-refractivity contribution in [2.75, 3.05) is 29.9 Å². The molecule has 0 unspecified atom stereocenters. The van der Waals surface area contributed by atoms with E-state index in [1.165, 1.54) is 30.5 Å². The van der Waals surface area contributed by atoms with Crippen LogP contribution in [0.1, 0.15) is 34.3 Å². The number of hydrogen-bond donors (Lipinski definition) is 2. The van der Waals surface area contributed by atoms with Gasteiger partial charge in [-0.3, -0.25) is 9.59 Å². The van der Waals surface area contributed by atoms with Gasteiger partial charge in [-0.25, -0.2) is 18.2 Å². The fourth-order valence-electron chi connectivity index (χ4n) is 3.95. The fraction of sp³-hybridized carbons (Fsp3) is 0.348. The summed E-state index contributed by atoms with van der Waals surface area (Å²) in [5.74, 6) is -1.29. The summed E-state index contributed by atoms with van der Waals surface area (Å²) < 4.78 is 43.4. The van der Waals surface area contributed by atoms with Crippen LogP contribution in [0.4, 0.5) is 24.5 Å². The molecule has 1 aliphatic heterocycles. The molecular weight excluding hydrogens is 467 g/mol. The number of alkyl halides is 2. The molecule has 0 bridgehead atoms. The number of pyridine rings is 1. The van der Waals surface area contributed by atoms with Crippen LogP contribution in [0.25, 0.3) is 10.4 Å². The molecule has 0 spiro atoms. The molecule has 2 N–H and O–H groups in total. The van der Waals surface area contributed by atoms with Gasteiger partial charge in [0, 0.05) is 62.3 Å². The van der Waals surface area contributed by atoms with Crippen molar-refractivity contribution >= 4 is 28.6 Å². The van der Waals surface area contributed by atoms with E-state index in [4.69, 9.17) is 0 Å². The standard InChI is InChI=1S/C23H24F3N5O2S/c1-12-10-31(5-4-27-12)19-8-17(24)15(20-9-28-13(2)34-20)6-18(19)29-23(33)16-11-30(3)21(32)7-14(16)22(25)26/h6-9,11-12,22,27H,4-5,10H2,1-3H3,(H,29,33)/t12-/m0/s1. The van der Waals surface area contributed by atoms with E-state index in [9.17, 15) is 18.4 Å². The molecule has 0 radical (unpaired) electrons. The fourth-order valence-corrected chi connectivity index (χ4v) is 4.75. The molecule has 3 heterocycles. The first-order valence-electron chi connectivity index (χ1n) is 10.7. The maximum Gasteiger partial charge on any atom is 0.264 e. The van der Waals surface area contributed by atoms with Gasteiger partial charge in [0.1, 0.15) is 5.82 Å². The summed E-state index contributed by atoms with van der Waals surface area (Å²) in [6.45, 7) is 5.62. The average Bonchev–Trinajstić information content (AvgIpc) is 3.22. The predicted octanol–water partition coefficient (Wildman–Crippen LogP) is 3.94. The summed E-state index contributed by atoms with van der Waals surface area (Å²) in [7, 11) is 1.38. The number of aryl methyl sites for hydroxylation is 2. The van der Waals surface area contributed by atoms with E-state index in [1.54, 1.807) is 13.1 Å². The number of amides is 1. The van der Waals surface area contributed by atoms with Crippen LogP contribution in [0.3, 0.4) is 0 Å². The van der Waals surface area contributed by atoms with Gasteiger partial charge < -0.3 is 20.1 Å². The van der Waals surface area contributed by atoms with Crippen LogP contribution < -0.4 is 21.1 Å². The van der Waals surface area contributed by atoms with Gasteiger partial charge in [-0.05, 0) is 26.0 Å². The average molecular weight is 492 g/mol. The number of rotatable bonds is 5. The molecule has 1 amide bonds. The number of hydrogen-bond acceptors (Lipinski definition) is 6. The number of carbonyl (C=O) groups is 1. The van der Waals surface area contributed by atoms with E-state index in [-0.39, 0.29) is 22.9 Å². The lowest BCUT2D eigenvalue weighted by atomic mass is 10.1. The molecule has 1 fully saturated rings. The van der Waals surface area contributed by atoms with E-state index >= 15 is 4.39 Å². The molecule has 3 aromatic rings. The summed E-state index contributed by atoms with van der Waals surface area (Å²) in [4.78, 5) is 31.7. The lowest BCUT2D eigenvalue weighted by Gasteiger charge is -2.35. The van der Waals surface area contributed by atoms with Gasteiger partial charge in [0.2, 0.25) is 0 Å². The Balaban J connectivity index is 1.80. The number of piperazine rings is 1. The molecule has 1 atom stereocenters. The van der Waals surface area contributed by atoms with E-state index < -0.39 is 29.3 Å². The van der Waals surface area contributed by atoms with E-state index in [2.05, 4.69) is 15.6 Å². The summed E-state index contributed by atoms with van der Waals surface area (Å²) in [5, 5.41) is 6.76. The lowest BCUT2D eigenvalue weighted by Crippen LogP contribution is -2.49. The van der Waals surface area contributed by atoms with Gasteiger partial charge >= 0.3 is 0 Å². The highest BCUT2D eigenvalue weighted by molar-refractivity contribution is 7.15. The van der Waals surface area contributed by atoms with Crippen molar-refractivity contribution < 1.29 is 18.0 Å². The maximum absolute atomic E-state index is 15.2. The van der Waals surface area contributed by atoms with Crippen LogP contribution in [0.2, 0.25) is 0 Å². The van der Waals surface area contributed by atoms with Crippen LogP contribution in [0.15, 0.2) is 35.4 Å². The van der Waals surface area contributed by atoms with Crippen molar-refractivity contribution in [3.63, 3.8) is 0 Å². The number of aromatic nitrogens is 2. The molecule has 1 saturated heterocycles. The van der Waals surface area contributed by atoms with Crippen molar-refractivity contribution in [1.29, 1.82) is 0 Å². The van der Waals surface area contributed by atoms with Gasteiger partial charge in [0.15, 0.2) is 0 Å². The Morgan fingerprint density at radius 2 is 2.09 bits per heavy atom. The first-order valence-corrected chi connectivity index (χ1v) is 11.5. The van der Waals surface area contributed by atoms with Crippen molar-refractivity contribution in [2.24, 2.45) is 7.05 Å². The predicted molar refractivity (Wildman–Crippen MR) is 127 cm³/mol. The monoisotopic (exact) mass is 491 g/mol. The second-order valence-corrected chi connectivity index (χ2v) is 9.48. The second kappa shape index (κ2) is 9.59. The lowest BCUT2D eigenvalue weighted by molar-refractivity contribution is 0.101. The summed E-state index contributed by atoms with van der Waals surface area (Å²) >= 11 is 1.31. The number of nitrogens with one attached hydrogen (secondary N) is 2. The van der Waals surface area contributed by atoms with Crippen LogP contribution in [-0.2, 0) is 7.05 Å². The quantitative estimate of drug-likeness (QED) is 0.565. The molecule has 11 heteroatoms. The summed E-state index contributed by atoms with van der Waals surface area (Å²) in [5.41, 5.74) is -0.632. The molecule has 180 valence electrons. The number of nitrogens with zero attached hydrogens (tertiary/aromatic N) is 3. The third-order valence-electron chi connectivity index (χ3n) is 5.67. The number of thiazole rings is 1. The third-order valence-corrected chi connectivity index (χ3v) is 6.62. The maximum atomic E-state index is 15.2. The first kappa shape index (κ1) is 24.0. The van der Waals surface area contributed by atoms with Crippen LogP contribution in [0.5, 0.6) is 0 Å². The molecule has 1 aliphatic rings. The van der Waals surface area contributed by atoms with Crippen molar-refractivity contribution in [3.8, 4) is 10.4 Å². The number of benzene rings is 1. The molecule has 7 nitrogen and oxygen atoms in total. The van der Waals surface area contributed by atoms with Gasteiger partial charge in [0.05, 0.1) is 26.8 Å². The van der Waals surface area contributed by atoms with E-state index in [0.29, 0.717) is 30.2 Å². The molecule has 1 aromatic carbocycles. The van der Waals surface area contributed by atoms with Crippen molar-refractivity contribution in [2.45, 2.75) is 26.3 Å². The third kappa shape index (κ3) is 4.85. The highest BCUT2D eigenvalue weighted by Gasteiger charge is 2.25. The van der Waals surface area contributed by atoms with E-state index in [1.807, 2.05) is 11.8 Å². The van der Waals surface area contributed by atoms with Crippen molar-refractivity contribution in [3.05, 3.63) is 62.9 Å². The topological polar surface area (TPSA) is 79.3 Å². The Labute approximate surface area is 198 Å². The number of anilines is 2. The Kier molecular flexibility index (Phi) is 6.76. The second-order valence-electron chi connectivity index (χ2n) is 8.24. The van der Waals surface area contributed by atoms with Crippen LogP contribution >= 0.6 is 11.3 Å². The molecule has 2 aromatic heterocycles. The number of halogens is 3. The Hall–Kier alpha value is -3.18. The smallest absolute Gasteiger partial charge is 0.264 e. The zero-order valence-electron chi connectivity index (χ0n) is 18.9. The minimum absolute atomic E-state index is 0.137. The molecular formula is C23H24F3N5O2S. The van der Waals surface area contributed by atoms with Gasteiger partial charge in [-0.2, -0.15) is 0 Å².